The summed E-state index contributed by atoms with van der Waals surface area (Å²) in [7, 11) is 0. The highest BCUT2D eigenvalue weighted by Gasteiger charge is 2.48. The first kappa shape index (κ1) is 42.4. The Morgan fingerprint density at radius 1 is 0.375 bits per heavy atom. The maximum atomic E-state index is 2.50. The highest BCUT2D eigenvalue weighted by Crippen LogP contribution is 2.59. The number of hydrogen-bond donors (Lipinski definition) is 0. The molecule has 0 fully saturated rings. The molecule has 1 heterocycles. The lowest BCUT2D eigenvalue weighted by molar-refractivity contribution is 0.626. The third kappa shape index (κ3) is 6.47. The summed E-state index contributed by atoms with van der Waals surface area (Å²) in [6.45, 7) is 6.79. The molecule has 1 unspecified atom stereocenters. The van der Waals surface area contributed by atoms with Gasteiger partial charge in [0.2, 0.25) is 0 Å². The maximum Gasteiger partial charge on any atom is 0.0541 e. The molecule has 0 radical (unpaired) electrons. The zero-order valence-electron chi connectivity index (χ0n) is 41.0. The summed E-state index contributed by atoms with van der Waals surface area (Å²) in [6.07, 6.45) is 10.9. The first-order valence-electron chi connectivity index (χ1n) is 25.6. The van der Waals surface area contributed by atoms with Crippen LogP contribution in [0.1, 0.15) is 77.3 Å². The molecule has 0 N–H and O–H groups in total. The molecule has 3 aliphatic rings. The van der Waals surface area contributed by atoms with Crippen LogP contribution in [0.25, 0.3) is 101 Å². The van der Waals surface area contributed by atoms with Crippen LogP contribution >= 0.6 is 0 Å². The van der Waals surface area contributed by atoms with Crippen molar-refractivity contribution in [1.82, 2.24) is 4.57 Å². The van der Waals surface area contributed by atoms with E-state index >= 15 is 0 Å². The molecule has 0 bridgehead atoms. The van der Waals surface area contributed by atoms with E-state index in [1.54, 1.807) is 0 Å². The Kier molecular flexibility index (Phi) is 9.57. The fourth-order valence-electron chi connectivity index (χ4n) is 12.9. The summed E-state index contributed by atoms with van der Waals surface area (Å²) < 4.78 is 2.45. The van der Waals surface area contributed by atoms with Crippen molar-refractivity contribution in [2.24, 2.45) is 0 Å². The van der Waals surface area contributed by atoms with E-state index < -0.39 is 0 Å². The van der Waals surface area contributed by atoms with Crippen LogP contribution in [-0.4, -0.2) is 4.57 Å². The van der Waals surface area contributed by atoms with Gasteiger partial charge in [-0.25, -0.2) is 0 Å². The molecule has 342 valence electrons. The average Bonchev–Trinajstić information content (AvgIpc) is 4.14. The predicted octanol–water partition coefficient (Wildman–Crippen LogP) is 18.6. The number of nitrogens with zero attached hydrogens (tertiary/aromatic N) is 1. The Balaban J connectivity index is 0.728. The first-order chi connectivity index (χ1) is 35.4. The van der Waals surface area contributed by atoms with Gasteiger partial charge in [0.05, 0.1) is 11.0 Å². The fourth-order valence-corrected chi connectivity index (χ4v) is 12.9. The van der Waals surface area contributed by atoms with Gasteiger partial charge >= 0.3 is 0 Å². The highest BCUT2D eigenvalue weighted by atomic mass is 15.0. The van der Waals surface area contributed by atoms with E-state index in [9.17, 15) is 0 Å². The number of fused-ring (bicyclic) bond motifs is 13. The Morgan fingerprint density at radius 3 is 1.51 bits per heavy atom. The van der Waals surface area contributed by atoms with E-state index in [1.165, 1.54) is 133 Å². The van der Waals surface area contributed by atoms with Crippen molar-refractivity contribution in [3.63, 3.8) is 0 Å². The molecule has 0 amide bonds. The predicted molar refractivity (Wildman–Crippen MR) is 305 cm³/mol. The van der Waals surface area contributed by atoms with E-state index in [-0.39, 0.29) is 10.8 Å². The molecule has 3 aliphatic carbocycles. The Hall–Kier alpha value is -8.52. The monoisotopic (exact) mass is 919 g/mol. The van der Waals surface area contributed by atoms with Crippen LogP contribution < -0.4 is 0 Å². The summed E-state index contributed by atoms with van der Waals surface area (Å²) >= 11 is 0. The van der Waals surface area contributed by atoms with Gasteiger partial charge in [-0.3, -0.25) is 0 Å². The Morgan fingerprint density at radius 2 is 0.861 bits per heavy atom. The number of hydrogen-bond acceptors (Lipinski definition) is 0. The summed E-state index contributed by atoms with van der Waals surface area (Å²) in [4.78, 5) is 0. The molecule has 1 aromatic heterocycles. The second-order valence-corrected chi connectivity index (χ2v) is 20.8. The van der Waals surface area contributed by atoms with Crippen LogP contribution in [0.4, 0.5) is 0 Å². The van der Waals surface area contributed by atoms with Gasteiger partial charge in [-0.05, 0) is 168 Å². The molecule has 72 heavy (non-hydrogen) atoms. The number of aromatic nitrogens is 1. The van der Waals surface area contributed by atoms with Gasteiger partial charge < -0.3 is 4.57 Å². The topological polar surface area (TPSA) is 4.93 Å². The summed E-state index contributed by atoms with van der Waals surface area (Å²) in [6, 6.07) is 82.4. The molecule has 1 heteroatoms. The summed E-state index contributed by atoms with van der Waals surface area (Å²) in [5.41, 5.74) is 28.5. The zero-order chi connectivity index (χ0) is 48.1. The normalized spacial score (nSPS) is 15.9. The minimum absolute atomic E-state index is 0.0573. The Labute approximate surface area is 422 Å². The van der Waals surface area contributed by atoms with Gasteiger partial charge in [0, 0.05) is 27.3 Å². The lowest BCUT2D eigenvalue weighted by atomic mass is 9.72. The smallest absolute Gasteiger partial charge is 0.0541 e. The van der Waals surface area contributed by atoms with Gasteiger partial charge in [-0.2, -0.15) is 0 Å². The van der Waals surface area contributed by atoms with Crippen molar-refractivity contribution < 1.29 is 0 Å². The molecule has 0 saturated carbocycles. The number of aryl methyl sites for hydroxylation is 1. The van der Waals surface area contributed by atoms with Crippen LogP contribution in [0, 0.1) is 0 Å². The molecule has 1 spiro atoms. The molecule has 14 rings (SSSR count). The van der Waals surface area contributed by atoms with Gasteiger partial charge in [-0.15, -0.1) is 0 Å². The second-order valence-electron chi connectivity index (χ2n) is 20.8. The lowest BCUT2D eigenvalue weighted by Crippen LogP contribution is -2.23. The van der Waals surface area contributed by atoms with Crippen LogP contribution in [0.15, 0.2) is 224 Å². The van der Waals surface area contributed by atoms with Gasteiger partial charge in [-0.1, -0.05) is 214 Å². The van der Waals surface area contributed by atoms with Crippen LogP contribution in [0.5, 0.6) is 0 Å². The van der Waals surface area contributed by atoms with Crippen molar-refractivity contribution in [1.29, 1.82) is 0 Å². The van der Waals surface area contributed by atoms with E-state index in [1.807, 2.05) is 0 Å². The van der Waals surface area contributed by atoms with Crippen molar-refractivity contribution in [2.75, 3.05) is 0 Å². The molecule has 1 nitrogen and oxygen atoms in total. The quantitative estimate of drug-likeness (QED) is 0.140. The van der Waals surface area contributed by atoms with Gasteiger partial charge in [0.25, 0.3) is 0 Å². The van der Waals surface area contributed by atoms with Gasteiger partial charge in [0.15, 0.2) is 0 Å². The standard InChI is InChI=1S/C71H53N/c1-4-11-46-20-26-50(27-21-46)54-32-36-59-60-37-33-55(44-67(60)71(66(59)43-54)41-40-52-12-5-8-15-63(52)71)51-30-24-48(25-31-51)19-18-47-22-28-49(29-23-47)53-34-39-69-62(42-53)61-14-7-10-17-68(61)72(69)56-35-38-58-57-13-6-9-16-64(57)70(2,3)65(58)45-56/h4-39,42-45H,40-41H2,1-3H3/b11-4+,19-18+. The lowest BCUT2D eigenvalue weighted by Gasteiger charge is -2.29. The second kappa shape index (κ2) is 16.3. The fraction of sp³-hybridized carbons (Fsp3) is 0.0986. The largest absolute Gasteiger partial charge is 0.309 e. The van der Waals surface area contributed by atoms with E-state index in [0.717, 1.165) is 12.8 Å². The van der Waals surface area contributed by atoms with Crippen LogP contribution in [0.2, 0.25) is 0 Å². The maximum absolute atomic E-state index is 2.50. The number of benzene rings is 10. The third-order valence-corrected chi connectivity index (χ3v) is 16.6. The van der Waals surface area contributed by atoms with Crippen molar-refractivity contribution in [3.05, 3.63) is 275 Å². The molecule has 11 aromatic rings. The third-order valence-electron chi connectivity index (χ3n) is 16.6. The van der Waals surface area contributed by atoms with Crippen molar-refractivity contribution >= 4 is 40.0 Å². The van der Waals surface area contributed by atoms with E-state index in [2.05, 4.69) is 268 Å². The minimum atomic E-state index is -0.168. The van der Waals surface area contributed by atoms with Crippen molar-refractivity contribution in [3.8, 4) is 61.3 Å². The minimum Gasteiger partial charge on any atom is -0.309 e. The van der Waals surface area contributed by atoms with Crippen LogP contribution in [-0.2, 0) is 17.3 Å². The number of rotatable bonds is 7. The number of para-hydroxylation sites is 1. The SMILES string of the molecule is C/C=C/c1ccc(-c2ccc3c(c2)C2(CCc4ccccc42)c2cc(-c4ccc(/C=C/c5ccc(-c6ccc7c(c6)c6ccccc6n7-c6ccc7c(c6)C(C)(C)c6ccccc6-7)cc5)cc4)ccc2-3)cc1. The average molecular weight is 920 g/mol. The summed E-state index contributed by atoms with van der Waals surface area (Å²) in [5.74, 6) is 0. The molecule has 0 saturated heterocycles. The molecule has 0 aliphatic heterocycles. The van der Waals surface area contributed by atoms with E-state index in [4.69, 9.17) is 0 Å². The summed E-state index contributed by atoms with van der Waals surface area (Å²) in [5, 5.41) is 2.54. The van der Waals surface area contributed by atoms with E-state index in [0.29, 0.717) is 0 Å². The molecular weight excluding hydrogens is 867 g/mol. The zero-order valence-corrected chi connectivity index (χ0v) is 41.0. The molecule has 10 aromatic carbocycles. The van der Waals surface area contributed by atoms with Gasteiger partial charge in [0.1, 0.15) is 0 Å². The van der Waals surface area contributed by atoms with Crippen molar-refractivity contribution in [2.45, 2.75) is 44.4 Å². The number of allylic oxidation sites excluding steroid dienone is 1. The molecular formula is C71H53N. The first-order valence-corrected chi connectivity index (χ1v) is 25.6. The Bertz CT molecular complexity index is 4040. The van der Waals surface area contributed by atoms with Crippen LogP contribution in [0.3, 0.4) is 0 Å². The molecule has 1 atom stereocenters. The highest BCUT2D eigenvalue weighted by molar-refractivity contribution is 6.10.